The normalized spacial score (nSPS) is 9.12. The SMILES string of the molecule is Cc1ccc(C(=O)N(CC#N)CC#N)cc1O. The van der Waals surface area contributed by atoms with Gasteiger partial charge in [-0.05, 0) is 24.6 Å². The second kappa shape index (κ2) is 5.53. The predicted molar refractivity (Wildman–Crippen MR) is 60.0 cm³/mol. The molecule has 1 aromatic carbocycles. The summed E-state index contributed by atoms with van der Waals surface area (Å²) in [4.78, 5) is 13.0. The van der Waals surface area contributed by atoms with Crippen LogP contribution in [0.3, 0.4) is 0 Å². The van der Waals surface area contributed by atoms with Crippen LogP contribution in [0, 0.1) is 29.6 Å². The van der Waals surface area contributed by atoms with Gasteiger partial charge < -0.3 is 10.0 Å². The van der Waals surface area contributed by atoms with Gasteiger partial charge in [0.15, 0.2) is 0 Å². The van der Waals surface area contributed by atoms with E-state index in [2.05, 4.69) is 0 Å². The molecule has 1 aromatic rings. The number of nitrogens with zero attached hydrogens (tertiary/aromatic N) is 3. The summed E-state index contributed by atoms with van der Waals surface area (Å²) in [6.07, 6.45) is 0. The fraction of sp³-hybridized carbons (Fsp3) is 0.250. The number of hydrogen-bond acceptors (Lipinski definition) is 4. The van der Waals surface area contributed by atoms with Gasteiger partial charge in [-0.1, -0.05) is 6.07 Å². The Morgan fingerprint density at radius 3 is 2.41 bits per heavy atom. The van der Waals surface area contributed by atoms with Crippen LogP contribution in [0.2, 0.25) is 0 Å². The van der Waals surface area contributed by atoms with Crippen molar-refractivity contribution in [1.29, 1.82) is 10.5 Å². The molecule has 0 aliphatic rings. The van der Waals surface area contributed by atoms with Gasteiger partial charge in [0.25, 0.3) is 5.91 Å². The molecule has 5 heteroatoms. The van der Waals surface area contributed by atoms with Gasteiger partial charge in [0.05, 0.1) is 12.1 Å². The van der Waals surface area contributed by atoms with Crippen molar-refractivity contribution in [2.45, 2.75) is 6.92 Å². The molecule has 1 amide bonds. The Morgan fingerprint density at radius 1 is 1.35 bits per heavy atom. The highest BCUT2D eigenvalue weighted by atomic mass is 16.3. The van der Waals surface area contributed by atoms with Crippen LogP contribution in [0.15, 0.2) is 18.2 Å². The van der Waals surface area contributed by atoms with Crippen LogP contribution in [0.25, 0.3) is 0 Å². The second-order valence-corrected chi connectivity index (χ2v) is 3.48. The Hall–Kier alpha value is -2.53. The summed E-state index contributed by atoms with van der Waals surface area (Å²) in [7, 11) is 0. The number of hydrogen-bond donors (Lipinski definition) is 1. The first kappa shape index (κ1) is 12.5. The number of phenolic OH excluding ortho intramolecular Hbond substituents is 1. The summed E-state index contributed by atoms with van der Waals surface area (Å²) in [5.74, 6) is -0.423. The predicted octanol–water partition coefficient (Wildman–Crippen LogP) is 1.19. The summed E-state index contributed by atoms with van der Waals surface area (Å²) < 4.78 is 0. The summed E-state index contributed by atoms with van der Waals surface area (Å²) in [5, 5.41) is 26.6. The molecule has 0 saturated heterocycles. The molecule has 0 bridgehead atoms. The van der Waals surface area contributed by atoms with Crippen molar-refractivity contribution in [3.63, 3.8) is 0 Å². The molecular formula is C12H11N3O2. The lowest BCUT2D eigenvalue weighted by molar-refractivity contribution is 0.0794. The number of carbonyl (C=O) groups is 1. The zero-order valence-corrected chi connectivity index (χ0v) is 9.34. The average molecular weight is 229 g/mol. The highest BCUT2D eigenvalue weighted by Gasteiger charge is 2.15. The highest BCUT2D eigenvalue weighted by Crippen LogP contribution is 2.18. The van der Waals surface area contributed by atoms with Gasteiger partial charge in [-0.15, -0.1) is 0 Å². The lowest BCUT2D eigenvalue weighted by atomic mass is 10.1. The number of phenols is 1. The minimum Gasteiger partial charge on any atom is -0.508 e. The molecule has 0 unspecified atom stereocenters. The second-order valence-electron chi connectivity index (χ2n) is 3.48. The van der Waals surface area contributed by atoms with Crippen LogP contribution in [0.4, 0.5) is 0 Å². The molecule has 5 nitrogen and oxygen atoms in total. The average Bonchev–Trinajstić information content (AvgIpc) is 2.31. The van der Waals surface area contributed by atoms with E-state index in [9.17, 15) is 9.90 Å². The molecule has 0 aromatic heterocycles. The Labute approximate surface area is 99.1 Å². The summed E-state index contributed by atoms with van der Waals surface area (Å²) in [5.41, 5.74) is 0.923. The Bertz CT molecular complexity index is 495. The number of aryl methyl sites for hydroxylation is 1. The third-order valence-electron chi connectivity index (χ3n) is 2.27. The van der Waals surface area contributed by atoms with Gasteiger partial charge >= 0.3 is 0 Å². The van der Waals surface area contributed by atoms with Crippen LogP contribution < -0.4 is 0 Å². The summed E-state index contributed by atoms with van der Waals surface area (Å²) in [6, 6.07) is 8.14. The van der Waals surface area contributed by atoms with Crippen LogP contribution in [0.5, 0.6) is 5.75 Å². The zero-order chi connectivity index (χ0) is 12.8. The van der Waals surface area contributed by atoms with Crippen LogP contribution in [-0.2, 0) is 0 Å². The molecule has 0 aliphatic carbocycles. The van der Waals surface area contributed by atoms with Crippen molar-refractivity contribution in [2.75, 3.05) is 13.1 Å². The van der Waals surface area contributed by atoms with Gasteiger partial charge in [0.1, 0.15) is 18.8 Å². The van der Waals surface area contributed by atoms with E-state index < -0.39 is 5.91 Å². The van der Waals surface area contributed by atoms with E-state index in [1.165, 1.54) is 6.07 Å². The molecule has 86 valence electrons. The molecule has 17 heavy (non-hydrogen) atoms. The molecule has 0 fully saturated rings. The van der Waals surface area contributed by atoms with E-state index in [0.29, 0.717) is 5.56 Å². The van der Waals surface area contributed by atoms with E-state index in [-0.39, 0.29) is 24.4 Å². The Kier molecular flexibility index (Phi) is 4.08. The van der Waals surface area contributed by atoms with E-state index in [1.807, 2.05) is 12.1 Å². The molecule has 0 aliphatic heterocycles. The highest BCUT2D eigenvalue weighted by molar-refractivity contribution is 5.95. The third-order valence-corrected chi connectivity index (χ3v) is 2.27. The first-order valence-electron chi connectivity index (χ1n) is 4.93. The fourth-order valence-corrected chi connectivity index (χ4v) is 1.30. The number of carbonyl (C=O) groups excluding carboxylic acids is 1. The van der Waals surface area contributed by atoms with Gasteiger partial charge in [0, 0.05) is 5.56 Å². The van der Waals surface area contributed by atoms with Gasteiger partial charge in [-0.25, -0.2) is 0 Å². The number of benzene rings is 1. The number of rotatable bonds is 3. The molecule has 0 saturated carbocycles. The van der Waals surface area contributed by atoms with Crippen molar-refractivity contribution in [2.24, 2.45) is 0 Å². The standard InChI is InChI=1S/C12H11N3O2/c1-9-2-3-10(8-11(9)16)12(17)15(6-4-13)7-5-14/h2-3,8,16H,6-7H2,1H3. The quantitative estimate of drug-likeness (QED) is 0.788. The molecule has 0 radical (unpaired) electrons. The van der Waals surface area contributed by atoms with Gasteiger partial charge in [-0.3, -0.25) is 4.79 Å². The molecule has 0 heterocycles. The van der Waals surface area contributed by atoms with Crippen molar-refractivity contribution in [1.82, 2.24) is 4.90 Å². The molecular weight excluding hydrogens is 218 g/mol. The minimum absolute atomic E-state index is 0.0183. The first-order valence-corrected chi connectivity index (χ1v) is 4.93. The van der Waals surface area contributed by atoms with E-state index in [1.54, 1.807) is 19.1 Å². The number of aromatic hydroxyl groups is 1. The van der Waals surface area contributed by atoms with Crippen LogP contribution in [-0.4, -0.2) is 29.0 Å². The Morgan fingerprint density at radius 2 is 1.94 bits per heavy atom. The minimum atomic E-state index is -0.441. The van der Waals surface area contributed by atoms with Crippen molar-refractivity contribution >= 4 is 5.91 Å². The van der Waals surface area contributed by atoms with Crippen LogP contribution >= 0.6 is 0 Å². The largest absolute Gasteiger partial charge is 0.508 e. The van der Waals surface area contributed by atoms with E-state index >= 15 is 0 Å². The first-order chi connectivity index (χ1) is 8.10. The van der Waals surface area contributed by atoms with Crippen molar-refractivity contribution in [3.05, 3.63) is 29.3 Å². The van der Waals surface area contributed by atoms with Crippen molar-refractivity contribution < 1.29 is 9.90 Å². The monoisotopic (exact) mass is 229 g/mol. The molecule has 0 spiro atoms. The summed E-state index contributed by atoms with van der Waals surface area (Å²) in [6.45, 7) is 1.41. The smallest absolute Gasteiger partial charge is 0.255 e. The maximum absolute atomic E-state index is 11.9. The lowest BCUT2D eigenvalue weighted by Crippen LogP contribution is -2.31. The maximum atomic E-state index is 11.9. The third kappa shape index (κ3) is 2.96. The molecule has 1 N–H and O–H groups in total. The maximum Gasteiger partial charge on any atom is 0.255 e. The van der Waals surface area contributed by atoms with Crippen LogP contribution in [0.1, 0.15) is 15.9 Å². The van der Waals surface area contributed by atoms with Gasteiger partial charge in [0.2, 0.25) is 0 Å². The van der Waals surface area contributed by atoms with E-state index in [4.69, 9.17) is 10.5 Å². The number of nitriles is 2. The summed E-state index contributed by atoms with van der Waals surface area (Å²) >= 11 is 0. The molecule has 1 rings (SSSR count). The topological polar surface area (TPSA) is 88.1 Å². The molecule has 0 atom stereocenters. The lowest BCUT2D eigenvalue weighted by Gasteiger charge is -2.16. The number of amides is 1. The Balaban J connectivity index is 2.98. The fourth-order valence-electron chi connectivity index (χ4n) is 1.30. The van der Waals surface area contributed by atoms with Gasteiger partial charge in [-0.2, -0.15) is 10.5 Å². The van der Waals surface area contributed by atoms with E-state index in [0.717, 1.165) is 4.90 Å². The van der Waals surface area contributed by atoms with Crippen molar-refractivity contribution in [3.8, 4) is 17.9 Å². The zero-order valence-electron chi connectivity index (χ0n) is 9.34.